The smallest absolute Gasteiger partial charge is 0.335 e. The third kappa shape index (κ3) is 4.42. The van der Waals surface area contributed by atoms with E-state index in [4.69, 9.17) is 9.84 Å². The predicted octanol–water partition coefficient (Wildman–Crippen LogP) is 2.64. The fourth-order valence-corrected chi connectivity index (χ4v) is 3.29. The van der Waals surface area contributed by atoms with E-state index in [9.17, 15) is 4.79 Å². The molecule has 1 saturated carbocycles. The third-order valence-electron chi connectivity index (χ3n) is 3.60. The van der Waals surface area contributed by atoms with Crippen molar-refractivity contribution in [2.45, 2.75) is 30.6 Å². The fraction of sp³-hybridized carbons (Fsp3) is 0.533. The summed E-state index contributed by atoms with van der Waals surface area (Å²) in [6, 6.07) is 7.20. The lowest BCUT2D eigenvalue weighted by Crippen LogP contribution is -2.30. The molecule has 2 unspecified atom stereocenters. The molecule has 1 aliphatic carbocycles. The van der Waals surface area contributed by atoms with E-state index in [2.05, 4.69) is 11.6 Å². The molecule has 1 fully saturated rings. The molecule has 1 aliphatic rings. The number of hydrogen-bond acceptors (Lipinski definition) is 4. The molecule has 0 bridgehead atoms. The molecule has 2 rings (SSSR count). The molecule has 110 valence electrons. The molecule has 0 radical (unpaired) electrons. The Kier molecular flexibility index (Phi) is 5.73. The van der Waals surface area contributed by atoms with Crippen LogP contribution >= 0.6 is 11.8 Å². The number of aromatic carboxylic acids is 1. The average Bonchev–Trinajstić information content (AvgIpc) is 2.92. The van der Waals surface area contributed by atoms with Crippen LogP contribution in [0.5, 0.6) is 5.75 Å². The molecular weight excluding hydrogens is 274 g/mol. The molecule has 0 heterocycles. The van der Waals surface area contributed by atoms with E-state index in [1.165, 1.54) is 19.3 Å². The quantitative estimate of drug-likeness (QED) is 0.757. The van der Waals surface area contributed by atoms with Crippen LogP contribution in [0.3, 0.4) is 0 Å². The molecule has 4 nitrogen and oxygen atoms in total. The van der Waals surface area contributed by atoms with Gasteiger partial charge in [-0.15, -0.1) is 0 Å². The van der Waals surface area contributed by atoms with Crippen LogP contribution in [-0.2, 0) is 0 Å². The van der Waals surface area contributed by atoms with Crippen molar-refractivity contribution in [3.8, 4) is 5.75 Å². The van der Waals surface area contributed by atoms with E-state index < -0.39 is 5.97 Å². The van der Waals surface area contributed by atoms with Crippen molar-refractivity contribution < 1.29 is 14.6 Å². The first-order chi connectivity index (χ1) is 9.69. The van der Waals surface area contributed by atoms with E-state index in [-0.39, 0.29) is 5.56 Å². The highest BCUT2D eigenvalue weighted by Crippen LogP contribution is 2.27. The Balaban J connectivity index is 1.68. The topological polar surface area (TPSA) is 58.6 Å². The van der Waals surface area contributed by atoms with Crippen molar-refractivity contribution in [2.75, 3.05) is 19.4 Å². The van der Waals surface area contributed by atoms with E-state index in [1.54, 1.807) is 24.3 Å². The second-order valence-corrected chi connectivity index (χ2v) is 6.14. The summed E-state index contributed by atoms with van der Waals surface area (Å²) in [6.07, 6.45) is 5.93. The van der Waals surface area contributed by atoms with Gasteiger partial charge in [-0.1, -0.05) is 6.07 Å². The molecule has 20 heavy (non-hydrogen) atoms. The van der Waals surface area contributed by atoms with Gasteiger partial charge in [0.1, 0.15) is 12.4 Å². The van der Waals surface area contributed by atoms with Gasteiger partial charge >= 0.3 is 5.97 Å². The number of thioether (sulfide) groups is 1. The number of hydrogen-bond donors (Lipinski definition) is 2. The van der Waals surface area contributed by atoms with Crippen molar-refractivity contribution >= 4 is 17.7 Å². The van der Waals surface area contributed by atoms with Gasteiger partial charge < -0.3 is 15.2 Å². The number of carboxylic acid groups (broad SMARTS) is 1. The maximum absolute atomic E-state index is 10.8. The van der Waals surface area contributed by atoms with Gasteiger partial charge in [-0.3, -0.25) is 0 Å². The summed E-state index contributed by atoms with van der Waals surface area (Å²) in [5.41, 5.74) is 0.258. The normalized spacial score (nSPS) is 21.9. The molecule has 2 N–H and O–H groups in total. The Bertz CT molecular complexity index is 452. The molecule has 2 atom stereocenters. The van der Waals surface area contributed by atoms with Crippen molar-refractivity contribution in [2.24, 2.45) is 0 Å². The number of rotatable bonds is 7. The summed E-state index contributed by atoms with van der Waals surface area (Å²) in [7, 11) is 0. The molecule has 0 amide bonds. The van der Waals surface area contributed by atoms with Gasteiger partial charge in [-0.05, 0) is 43.7 Å². The van der Waals surface area contributed by atoms with E-state index >= 15 is 0 Å². The molecular formula is C15H21NO3S. The number of carbonyl (C=O) groups is 1. The van der Waals surface area contributed by atoms with Crippen LogP contribution in [0.1, 0.15) is 29.6 Å². The first-order valence-electron chi connectivity index (χ1n) is 6.91. The van der Waals surface area contributed by atoms with Gasteiger partial charge in [0, 0.05) is 17.8 Å². The highest BCUT2D eigenvalue weighted by Gasteiger charge is 2.22. The Labute approximate surface area is 123 Å². The summed E-state index contributed by atoms with van der Waals surface area (Å²) in [5, 5.41) is 13.2. The molecule has 1 aromatic carbocycles. The summed E-state index contributed by atoms with van der Waals surface area (Å²) < 4.78 is 5.58. The minimum Gasteiger partial charge on any atom is -0.492 e. The van der Waals surface area contributed by atoms with Gasteiger partial charge in [0.25, 0.3) is 0 Å². The van der Waals surface area contributed by atoms with Crippen LogP contribution in [0.4, 0.5) is 0 Å². The highest BCUT2D eigenvalue weighted by molar-refractivity contribution is 7.99. The lowest BCUT2D eigenvalue weighted by molar-refractivity contribution is 0.0696. The average molecular weight is 295 g/mol. The van der Waals surface area contributed by atoms with E-state index in [1.807, 2.05) is 11.8 Å². The molecule has 0 aliphatic heterocycles. The molecule has 5 heteroatoms. The monoisotopic (exact) mass is 295 g/mol. The van der Waals surface area contributed by atoms with Crippen LogP contribution < -0.4 is 10.1 Å². The highest BCUT2D eigenvalue weighted by atomic mass is 32.2. The number of carboxylic acids is 1. The maximum Gasteiger partial charge on any atom is 0.335 e. The zero-order valence-corrected chi connectivity index (χ0v) is 12.5. The summed E-state index contributed by atoms with van der Waals surface area (Å²) in [6.45, 7) is 1.35. The summed E-state index contributed by atoms with van der Waals surface area (Å²) in [4.78, 5) is 10.8. The Morgan fingerprint density at radius 3 is 3.05 bits per heavy atom. The predicted molar refractivity (Wildman–Crippen MR) is 81.8 cm³/mol. The molecule has 1 aromatic rings. The maximum atomic E-state index is 10.8. The minimum absolute atomic E-state index is 0.258. The first kappa shape index (κ1) is 15.2. The van der Waals surface area contributed by atoms with Gasteiger partial charge in [0.15, 0.2) is 0 Å². The third-order valence-corrected chi connectivity index (χ3v) is 4.70. The summed E-state index contributed by atoms with van der Waals surface area (Å²) in [5.74, 6) is -0.317. The fourth-order valence-electron chi connectivity index (χ4n) is 2.49. The lowest BCUT2D eigenvalue weighted by Gasteiger charge is -2.13. The second-order valence-electron chi connectivity index (χ2n) is 5.00. The van der Waals surface area contributed by atoms with Crippen LogP contribution in [0.2, 0.25) is 0 Å². The van der Waals surface area contributed by atoms with Gasteiger partial charge in [-0.2, -0.15) is 11.8 Å². The zero-order valence-electron chi connectivity index (χ0n) is 11.7. The van der Waals surface area contributed by atoms with Crippen LogP contribution in [-0.4, -0.2) is 41.8 Å². The first-order valence-corrected chi connectivity index (χ1v) is 8.20. The van der Waals surface area contributed by atoms with Crippen molar-refractivity contribution in [3.63, 3.8) is 0 Å². The van der Waals surface area contributed by atoms with Crippen molar-refractivity contribution in [3.05, 3.63) is 29.8 Å². The SMILES string of the molecule is CSC1CCC(NCCOc2cccc(C(=O)O)c2)C1. The summed E-state index contributed by atoms with van der Waals surface area (Å²) >= 11 is 1.95. The molecule has 0 saturated heterocycles. The van der Waals surface area contributed by atoms with Crippen LogP contribution in [0.15, 0.2) is 24.3 Å². The number of benzene rings is 1. The van der Waals surface area contributed by atoms with Gasteiger partial charge in [-0.25, -0.2) is 4.79 Å². The Morgan fingerprint density at radius 1 is 1.50 bits per heavy atom. The number of nitrogens with one attached hydrogen (secondary N) is 1. The largest absolute Gasteiger partial charge is 0.492 e. The lowest BCUT2D eigenvalue weighted by atomic mass is 10.2. The van der Waals surface area contributed by atoms with E-state index in [0.717, 1.165) is 11.8 Å². The van der Waals surface area contributed by atoms with Crippen LogP contribution in [0, 0.1) is 0 Å². The Hall–Kier alpha value is -1.20. The molecule has 0 aromatic heterocycles. The molecule has 0 spiro atoms. The van der Waals surface area contributed by atoms with Crippen molar-refractivity contribution in [1.29, 1.82) is 0 Å². The second kappa shape index (κ2) is 7.55. The number of ether oxygens (including phenoxy) is 1. The van der Waals surface area contributed by atoms with E-state index in [0.29, 0.717) is 18.4 Å². The standard InChI is InChI=1S/C15H21NO3S/c1-20-14-6-5-12(10-14)16-7-8-19-13-4-2-3-11(9-13)15(17)18/h2-4,9,12,14,16H,5-8,10H2,1H3,(H,17,18). The van der Waals surface area contributed by atoms with Gasteiger partial charge in [0.05, 0.1) is 5.56 Å². The Morgan fingerprint density at radius 2 is 2.35 bits per heavy atom. The minimum atomic E-state index is -0.928. The van der Waals surface area contributed by atoms with Crippen molar-refractivity contribution in [1.82, 2.24) is 5.32 Å². The van der Waals surface area contributed by atoms with Gasteiger partial charge in [0.2, 0.25) is 0 Å². The van der Waals surface area contributed by atoms with Crippen LogP contribution in [0.25, 0.3) is 0 Å². The zero-order chi connectivity index (χ0) is 14.4.